The Morgan fingerprint density at radius 2 is 1.57 bits per heavy atom. The van der Waals surface area contributed by atoms with E-state index in [0.29, 0.717) is 5.02 Å². The van der Waals surface area contributed by atoms with Gasteiger partial charge in [-0.05, 0) is 59.0 Å². The Bertz CT molecular complexity index is 929. The summed E-state index contributed by atoms with van der Waals surface area (Å²) in [6, 6.07) is 20.1. The first-order valence-corrected chi connectivity index (χ1v) is 8.16. The largest absolute Gasteiger partial charge is 0.256 e. The summed E-state index contributed by atoms with van der Waals surface area (Å²) in [6.45, 7) is 0. The molecule has 0 fully saturated rings. The molecule has 112 valence electrons. The van der Waals surface area contributed by atoms with Gasteiger partial charge in [-0.25, -0.2) is 0 Å². The zero-order valence-corrected chi connectivity index (χ0v) is 13.8. The van der Waals surface area contributed by atoms with Gasteiger partial charge in [0.25, 0.3) is 0 Å². The minimum Gasteiger partial charge on any atom is -0.256 e. The van der Waals surface area contributed by atoms with Crippen molar-refractivity contribution in [3.8, 4) is 11.1 Å². The highest BCUT2D eigenvalue weighted by atomic mass is 35.5. The number of fused-ring (bicyclic) bond motifs is 3. The van der Waals surface area contributed by atoms with Crippen molar-refractivity contribution >= 4 is 35.1 Å². The van der Waals surface area contributed by atoms with Gasteiger partial charge in [0.05, 0.1) is 5.69 Å². The molecule has 4 rings (SSSR count). The minimum absolute atomic E-state index is 0.708. The van der Waals surface area contributed by atoms with Crippen LogP contribution in [0.25, 0.3) is 11.1 Å². The van der Waals surface area contributed by atoms with E-state index in [-0.39, 0.29) is 0 Å². The average molecular weight is 338 g/mol. The molecule has 0 aromatic heterocycles. The summed E-state index contributed by atoms with van der Waals surface area (Å²) in [6.07, 6.45) is 2.71. The number of aliphatic imine (C=N–C) groups is 1. The van der Waals surface area contributed by atoms with E-state index in [4.69, 9.17) is 23.2 Å². The van der Waals surface area contributed by atoms with Crippen LogP contribution in [0.15, 0.2) is 65.7 Å². The van der Waals surface area contributed by atoms with Crippen molar-refractivity contribution < 1.29 is 0 Å². The van der Waals surface area contributed by atoms with E-state index < -0.39 is 0 Å². The maximum Gasteiger partial charge on any atom is 0.0633 e. The van der Waals surface area contributed by atoms with Crippen LogP contribution in [-0.4, -0.2) is 6.21 Å². The predicted molar refractivity (Wildman–Crippen MR) is 98.4 cm³/mol. The molecule has 1 aliphatic carbocycles. The fraction of sp³-hybridized carbons (Fsp3) is 0.0500. The second-order valence-electron chi connectivity index (χ2n) is 5.60. The normalized spacial score (nSPS) is 12.4. The Hall–Kier alpha value is -2.09. The molecule has 23 heavy (non-hydrogen) atoms. The van der Waals surface area contributed by atoms with Crippen molar-refractivity contribution in [3.63, 3.8) is 0 Å². The molecule has 0 aliphatic heterocycles. The van der Waals surface area contributed by atoms with Crippen LogP contribution in [0.4, 0.5) is 5.69 Å². The fourth-order valence-electron chi connectivity index (χ4n) is 2.97. The van der Waals surface area contributed by atoms with Crippen molar-refractivity contribution in [2.24, 2.45) is 4.99 Å². The van der Waals surface area contributed by atoms with E-state index in [0.717, 1.165) is 22.7 Å². The van der Waals surface area contributed by atoms with Gasteiger partial charge < -0.3 is 0 Å². The lowest BCUT2D eigenvalue weighted by atomic mass is 10.1. The molecule has 0 spiro atoms. The molecule has 0 N–H and O–H groups in total. The molecular formula is C20H13Cl2N. The van der Waals surface area contributed by atoms with Gasteiger partial charge in [0.1, 0.15) is 0 Å². The third-order valence-corrected chi connectivity index (χ3v) is 4.66. The van der Waals surface area contributed by atoms with Crippen LogP contribution < -0.4 is 0 Å². The summed E-state index contributed by atoms with van der Waals surface area (Å²) in [5.41, 5.74) is 6.96. The van der Waals surface area contributed by atoms with Gasteiger partial charge >= 0.3 is 0 Å². The van der Waals surface area contributed by atoms with E-state index in [2.05, 4.69) is 23.2 Å². The Balaban J connectivity index is 1.66. The zero-order chi connectivity index (χ0) is 15.8. The summed E-state index contributed by atoms with van der Waals surface area (Å²) in [5.74, 6) is 0. The third kappa shape index (κ3) is 2.78. The van der Waals surface area contributed by atoms with Crippen molar-refractivity contribution in [2.45, 2.75) is 6.42 Å². The summed E-state index contributed by atoms with van der Waals surface area (Å²) < 4.78 is 0. The average Bonchev–Trinajstić information content (AvgIpc) is 2.90. The van der Waals surface area contributed by atoms with Crippen LogP contribution in [-0.2, 0) is 6.42 Å². The molecule has 3 aromatic carbocycles. The first-order valence-electron chi connectivity index (χ1n) is 7.41. The predicted octanol–water partition coefficient (Wildman–Crippen LogP) is 6.32. The number of hydrogen-bond acceptors (Lipinski definition) is 1. The summed E-state index contributed by atoms with van der Waals surface area (Å²) >= 11 is 12.3. The van der Waals surface area contributed by atoms with Gasteiger partial charge in [0, 0.05) is 21.8 Å². The number of nitrogens with zero attached hydrogens (tertiary/aromatic N) is 1. The van der Waals surface area contributed by atoms with Crippen molar-refractivity contribution in [1.29, 1.82) is 0 Å². The molecule has 0 bridgehead atoms. The number of halogens is 2. The van der Waals surface area contributed by atoms with E-state index in [1.54, 1.807) is 0 Å². The van der Waals surface area contributed by atoms with Crippen LogP contribution in [0.3, 0.4) is 0 Å². The molecule has 3 aromatic rings. The van der Waals surface area contributed by atoms with E-state index >= 15 is 0 Å². The Morgan fingerprint density at radius 3 is 2.39 bits per heavy atom. The topological polar surface area (TPSA) is 12.4 Å². The van der Waals surface area contributed by atoms with Crippen molar-refractivity contribution in [2.75, 3.05) is 0 Å². The maximum atomic E-state index is 6.16. The highest BCUT2D eigenvalue weighted by Crippen LogP contribution is 2.39. The second kappa shape index (κ2) is 5.84. The smallest absolute Gasteiger partial charge is 0.0633 e. The SMILES string of the molecule is Clc1ccc2c(c1)Cc1cc(N=Cc3ccccc3Cl)ccc1-2. The van der Waals surface area contributed by atoms with Gasteiger partial charge in [-0.15, -0.1) is 0 Å². The molecule has 0 atom stereocenters. The molecule has 0 saturated carbocycles. The van der Waals surface area contributed by atoms with Gasteiger partial charge in [0.2, 0.25) is 0 Å². The maximum absolute atomic E-state index is 6.16. The lowest BCUT2D eigenvalue weighted by Crippen LogP contribution is -1.83. The molecular weight excluding hydrogens is 325 g/mol. The molecule has 0 saturated heterocycles. The third-order valence-electron chi connectivity index (χ3n) is 4.09. The van der Waals surface area contributed by atoms with E-state index in [9.17, 15) is 0 Å². The van der Waals surface area contributed by atoms with Gasteiger partial charge in [-0.2, -0.15) is 0 Å². The molecule has 3 heteroatoms. The summed E-state index contributed by atoms with van der Waals surface area (Å²) in [4.78, 5) is 4.56. The zero-order valence-electron chi connectivity index (χ0n) is 12.3. The monoisotopic (exact) mass is 337 g/mol. The lowest BCUT2D eigenvalue weighted by molar-refractivity contribution is 1.26. The van der Waals surface area contributed by atoms with Crippen molar-refractivity contribution in [1.82, 2.24) is 0 Å². The number of hydrogen-bond donors (Lipinski definition) is 0. The molecule has 0 heterocycles. The quantitative estimate of drug-likeness (QED) is 0.380. The minimum atomic E-state index is 0.708. The molecule has 1 nitrogen and oxygen atoms in total. The number of benzene rings is 3. The Labute approximate surface area is 145 Å². The van der Waals surface area contributed by atoms with Crippen LogP contribution in [0.5, 0.6) is 0 Å². The molecule has 0 radical (unpaired) electrons. The molecule has 0 amide bonds. The van der Waals surface area contributed by atoms with E-state index in [1.165, 1.54) is 22.3 Å². The highest BCUT2D eigenvalue weighted by molar-refractivity contribution is 6.33. The lowest BCUT2D eigenvalue weighted by Gasteiger charge is -2.02. The first kappa shape index (κ1) is 14.5. The van der Waals surface area contributed by atoms with Crippen molar-refractivity contribution in [3.05, 3.63) is 87.4 Å². The Kier molecular flexibility index (Phi) is 3.68. The Morgan fingerprint density at radius 1 is 0.826 bits per heavy atom. The van der Waals surface area contributed by atoms with Gasteiger partial charge in [-0.1, -0.05) is 53.5 Å². The molecule has 1 aliphatic rings. The van der Waals surface area contributed by atoms with Gasteiger partial charge in [-0.3, -0.25) is 4.99 Å². The highest BCUT2D eigenvalue weighted by Gasteiger charge is 2.18. The fourth-order valence-corrected chi connectivity index (χ4v) is 3.35. The van der Waals surface area contributed by atoms with Crippen LogP contribution in [0, 0.1) is 0 Å². The van der Waals surface area contributed by atoms with Gasteiger partial charge in [0.15, 0.2) is 0 Å². The van der Waals surface area contributed by atoms with Crippen LogP contribution in [0.2, 0.25) is 10.0 Å². The summed E-state index contributed by atoms with van der Waals surface area (Å²) in [5, 5.41) is 1.49. The second-order valence-corrected chi connectivity index (χ2v) is 6.44. The van der Waals surface area contributed by atoms with Crippen LogP contribution in [0.1, 0.15) is 16.7 Å². The summed E-state index contributed by atoms with van der Waals surface area (Å²) in [7, 11) is 0. The van der Waals surface area contributed by atoms with Crippen LogP contribution >= 0.6 is 23.2 Å². The number of rotatable bonds is 2. The molecule has 0 unspecified atom stereocenters. The van der Waals surface area contributed by atoms with E-state index in [1.807, 2.05) is 48.7 Å². The standard InChI is InChI=1S/C20H13Cl2N/c21-16-5-7-18-14(10-16)9-15-11-17(6-8-19(15)18)23-12-13-3-1-2-4-20(13)22/h1-8,10-12H,9H2. The first-order chi connectivity index (χ1) is 11.2.